The van der Waals surface area contributed by atoms with Gasteiger partial charge in [0.2, 0.25) is 5.91 Å². The molecular formula is C18H15ClF2N2O4. The lowest BCUT2D eigenvalue weighted by Gasteiger charge is -2.33. The number of hydrogen-bond acceptors (Lipinski definition) is 4. The fourth-order valence-corrected chi connectivity index (χ4v) is 2.89. The fraction of sp³-hybridized carbons (Fsp3) is 0.222. The van der Waals surface area contributed by atoms with Crippen molar-refractivity contribution >= 4 is 34.8 Å². The van der Waals surface area contributed by atoms with Gasteiger partial charge < -0.3 is 19.7 Å². The number of carbonyl (C=O) groups excluding carboxylic acids is 2. The Morgan fingerprint density at radius 3 is 2.70 bits per heavy atom. The third-order valence-electron chi connectivity index (χ3n) is 3.86. The minimum absolute atomic E-state index is 0.0402. The second-order valence-corrected chi connectivity index (χ2v) is 6.12. The van der Waals surface area contributed by atoms with Crippen molar-refractivity contribution in [2.75, 3.05) is 16.8 Å². The van der Waals surface area contributed by atoms with Gasteiger partial charge in [0.25, 0.3) is 5.91 Å². The standard InChI is InChI=1S/C18H15ClF2N2O4/c1-10(24)23-9-16(26-15-5-3-2-4-13(15)23)17(25)22-11-6-7-14(12(19)8-11)27-18(20)21/h2-8,16,18H,9H2,1H3,(H,22,25)/t16-/m1/s1. The average Bonchev–Trinajstić information content (AvgIpc) is 2.62. The molecule has 0 saturated carbocycles. The lowest BCUT2D eigenvalue weighted by atomic mass is 10.1. The van der Waals surface area contributed by atoms with Gasteiger partial charge in [-0.2, -0.15) is 8.78 Å². The summed E-state index contributed by atoms with van der Waals surface area (Å²) in [6.07, 6.45) is -0.945. The van der Waals surface area contributed by atoms with Crippen LogP contribution in [0, 0.1) is 0 Å². The molecule has 1 aliphatic rings. The number of amides is 2. The summed E-state index contributed by atoms with van der Waals surface area (Å²) in [7, 11) is 0. The first-order chi connectivity index (χ1) is 12.8. The van der Waals surface area contributed by atoms with Crippen LogP contribution in [0.25, 0.3) is 0 Å². The lowest BCUT2D eigenvalue weighted by Crippen LogP contribution is -2.48. The van der Waals surface area contributed by atoms with Crippen molar-refractivity contribution < 1.29 is 27.8 Å². The Bertz CT molecular complexity index is 878. The average molecular weight is 397 g/mol. The minimum Gasteiger partial charge on any atom is -0.476 e. The molecule has 9 heteroatoms. The van der Waals surface area contributed by atoms with Crippen molar-refractivity contribution in [1.82, 2.24) is 0 Å². The molecule has 2 aromatic carbocycles. The van der Waals surface area contributed by atoms with Crippen molar-refractivity contribution in [3.05, 3.63) is 47.5 Å². The number of para-hydroxylation sites is 2. The zero-order valence-corrected chi connectivity index (χ0v) is 14.9. The topological polar surface area (TPSA) is 67.9 Å². The van der Waals surface area contributed by atoms with Gasteiger partial charge in [0.1, 0.15) is 11.5 Å². The largest absolute Gasteiger partial charge is 0.476 e. The maximum Gasteiger partial charge on any atom is 0.387 e. The van der Waals surface area contributed by atoms with Gasteiger partial charge in [0.15, 0.2) is 6.10 Å². The Morgan fingerprint density at radius 2 is 2.04 bits per heavy atom. The molecule has 0 aromatic heterocycles. The molecule has 1 heterocycles. The van der Waals surface area contributed by atoms with E-state index in [-0.39, 0.29) is 28.9 Å². The van der Waals surface area contributed by atoms with Crippen LogP contribution in [0.15, 0.2) is 42.5 Å². The molecule has 0 fully saturated rings. The number of rotatable bonds is 4. The predicted molar refractivity (Wildman–Crippen MR) is 95.6 cm³/mol. The van der Waals surface area contributed by atoms with E-state index in [1.54, 1.807) is 24.3 Å². The number of hydrogen-bond donors (Lipinski definition) is 1. The van der Waals surface area contributed by atoms with E-state index >= 15 is 0 Å². The highest BCUT2D eigenvalue weighted by molar-refractivity contribution is 6.32. The van der Waals surface area contributed by atoms with Crippen molar-refractivity contribution in [3.63, 3.8) is 0 Å². The van der Waals surface area contributed by atoms with Crippen LogP contribution < -0.4 is 19.7 Å². The first-order valence-electron chi connectivity index (χ1n) is 7.94. The fourth-order valence-electron chi connectivity index (χ4n) is 2.66. The van der Waals surface area contributed by atoms with Crippen molar-refractivity contribution in [3.8, 4) is 11.5 Å². The number of anilines is 2. The quantitative estimate of drug-likeness (QED) is 0.855. The molecule has 142 valence electrons. The van der Waals surface area contributed by atoms with E-state index in [1.165, 1.54) is 30.0 Å². The molecule has 0 bridgehead atoms. The van der Waals surface area contributed by atoms with Gasteiger partial charge in [-0.25, -0.2) is 0 Å². The molecule has 6 nitrogen and oxygen atoms in total. The number of fused-ring (bicyclic) bond motifs is 1. The van der Waals surface area contributed by atoms with Gasteiger partial charge in [-0.15, -0.1) is 0 Å². The first kappa shape index (κ1) is 18.9. The first-order valence-corrected chi connectivity index (χ1v) is 8.32. The SMILES string of the molecule is CC(=O)N1C[C@H](C(=O)Nc2ccc(OC(F)F)c(Cl)c2)Oc2ccccc21. The molecule has 1 N–H and O–H groups in total. The predicted octanol–water partition coefficient (Wildman–Crippen LogP) is 3.69. The molecule has 0 aliphatic carbocycles. The third kappa shape index (κ3) is 4.28. The molecular weight excluding hydrogens is 382 g/mol. The number of benzene rings is 2. The number of nitrogens with zero attached hydrogens (tertiary/aromatic N) is 1. The van der Waals surface area contributed by atoms with E-state index in [1.807, 2.05) is 0 Å². The normalized spacial score (nSPS) is 15.7. The summed E-state index contributed by atoms with van der Waals surface area (Å²) in [5.74, 6) is -0.512. The van der Waals surface area contributed by atoms with Crippen LogP contribution in [0.3, 0.4) is 0 Å². The maximum absolute atomic E-state index is 12.6. The van der Waals surface area contributed by atoms with Gasteiger partial charge in [-0.05, 0) is 30.3 Å². The Hall–Kier alpha value is -2.87. The molecule has 0 radical (unpaired) electrons. The molecule has 2 aromatic rings. The van der Waals surface area contributed by atoms with Crippen LogP contribution in [0.2, 0.25) is 5.02 Å². The summed E-state index contributed by atoms with van der Waals surface area (Å²) in [5.41, 5.74) is 0.869. The van der Waals surface area contributed by atoms with Crippen LogP contribution in [-0.4, -0.2) is 31.1 Å². The summed E-state index contributed by atoms with van der Waals surface area (Å²) >= 11 is 5.88. The van der Waals surface area contributed by atoms with E-state index in [4.69, 9.17) is 16.3 Å². The van der Waals surface area contributed by atoms with Crippen molar-refractivity contribution in [1.29, 1.82) is 0 Å². The summed E-state index contributed by atoms with van der Waals surface area (Å²) in [4.78, 5) is 25.9. The lowest BCUT2D eigenvalue weighted by molar-refractivity contribution is -0.123. The Balaban J connectivity index is 1.75. The van der Waals surface area contributed by atoms with Crippen LogP contribution in [0.1, 0.15) is 6.92 Å². The van der Waals surface area contributed by atoms with Crippen LogP contribution in [0.4, 0.5) is 20.2 Å². The van der Waals surface area contributed by atoms with Crippen molar-refractivity contribution in [2.45, 2.75) is 19.6 Å². The number of ether oxygens (including phenoxy) is 2. The van der Waals surface area contributed by atoms with E-state index in [9.17, 15) is 18.4 Å². The Morgan fingerprint density at radius 1 is 1.30 bits per heavy atom. The number of nitrogens with one attached hydrogen (secondary N) is 1. The zero-order valence-electron chi connectivity index (χ0n) is 14.1. The summed E-state index contributed by atoms with van der Waals surface area (Å²) in [6.45, 7) is -1.56. The summed E-state index contributed by atoms with van der Waals surface area (Å²) in [5, 5.41) is 2.52. The number of alkyl halides is 2. The van der Waals surface area contributed by atoms with E-state index in [2.05, 4.69) is 10.1 Å². The van der Waals surface area contributed by atoms with Gasteiger partial charge in [0, 0.05) is 12.6 Å². The van der Waals surface area contributed by atoms with E-state index in [0.29, 0.717) is 11.4 Å². The zero-order chi connectivity index (χ0) is 19.6. The number of halogens is 3. The highest BCUT2D eigenvalue weighted by Gasteiger charge is 2.32. The summed E-state index contributed by atoms with van der Waals surface area (Å²) in [6, 6.07) is 10.8. The highest BCUT2D eigenvalue weighted by Crippen LogP contribution is 2.34. The Kier molecular flexibility index (Phi) is 5.46. The molecule has 27 heavy (non-hydrogen) atoms. The van der Waals surface area contributed by atoms with E-state index in [0.717, 1.165) is 0 Å². The highest BCUT2D eigenvalue weighted by atomic mass is 35.5. The molecule has 0 saturated heterocycles. The van der Waals surface area contributed by atoms with Gasteiger partial charge in [-0.1, -0.05) is 23.7 Å². The molecule has 0 unspecified atom stereocenters. The molecule has 1 atom stereocenters. The van der Waals surface area contributed by atoms with E-state index < -0.39 is 18.6 Å². The van der Waals surface area contributed by atoms with Crippen LogP contribution in [0.5, 0.6) is 11.5 Å². The molecule has 3 rings (SSSR count). The van der Waals surface area contributed by atoms with Gasteiger partial charge in [-0.3, -0.25) is 9.59 Å². The summed E-state index contributed by atoms with van der Waals surface area (Å²) < 4.78 is 34.5. The van der Waals surface area contributed by atoms with Gasteiger partial charge in [0.05, 0.1) is 17.3 Å². The monoisotopic (exact) mass is 396 g/mol. The van der Waals surface area contributed by atoms with Crippen LogP contribution in [-0.2, 0) is 9.59 Å². The second-order valence-electron chi connectivity index (χ2n) is 5.72. The molecule has 2 amide bonds. The minimum atomic E-state index is -3.00. The molecule has 0 spiro atoms. The Labute approximate surface area is 158 Å². The second kappa shape index (κ2) is 7.79. The third-order valence-corrected chi connectivity index (χ3v) is 4.16. The smallest absolute Gasteiger partial charge is 0.387 e. The number of carbonyl (C=O) groups is 2. The van der Waals surface area contributed by atoms with Crippen molar-refractivity contribution in [2.24, 2.45) is 0 Å². The molecule has 1 aliphatic heterocycles. The van der Waals surface area contributed by atoms with Gasteiger partial charge >= 0.3 is 6.61 Å². The van der Waals surface area contributed by atoms with Crippen LogP contribution >= 0.6 is 11.6 Å². The maximum atomic E-state index is 12.6.